The van der Waals surface area contributed by atoms with Crippen molar-refractivity contribution in [2.45, 2.75) is 37.6 Å². The van der Waals surface area contributed by atoms with Gasteiger partial charge in [0.25, 0.3) is 6.01 Å². The Balaban J connectivity index is 1.64. The second-order valence-corrected chi connectivity index (χ2v) is 9.12. The number of halogens is 3. The standard InChI is InChI=1S/C20H21F3N4O2S/c1-19(28,20(21,22)23)12-6-14(17-24-4-5-30-17)16-15(7-12)26-18(29-16)27-9-11-2-3-13(10-27)25-8-11/h4-7,11,13,25,28H,2-3,8-10H2,1H3. The maximum atomic E-state index is 13.5. The second kappa shape index (κ2) is 6.93. The third-order valence-corrected chi connectivity index (χ3v) is 6.87. The third kappa shape index (κ3) is 3.27. The van der Waals surface area contributed by atoms with Crippen LogP contribution in [0.15, 0.2) is 28.1 Å². The monoisotopic (exact) mass is 438 g/mol. The maximum Gasteiger partial charge on any atom is 0.421 e. The molecule has 1 aromatic carbocycles. The second-order valence-electron chi connectivity index (χ2n) is 8.23. The summed E-state index contributed by atoms with van der Waals surface area (Å²) < 4.78 is 46.6. The molecule has 3 aromatic rings. The van der Waals surface area contributed by atoms with Crippen LogP contribution in [0.25, 0.3) is 21.7 Å². The average molecular weight is 438 g/mol. The van der Waals surface area contributed by atoms with E-state index in [1.165, 1.54) is 23.5 Å². The lowest BCUT2D eigenvalue weighted by atomic mass is 9.93. The Labute approximate surface area is 174 Å². The van der Waals surface area contributed by atoms with Crippen molar-refractivity contribution in [3.8, 4) is 10.6 Å². The van der Waals surface area contributed by atoms with Crippen molar-refractivity contribution >= 4 is 28.5 Å². The van der Waals surface area contributed by atoms with Gasteiger partial charge in [-0.1, -0.05) is 0 Å². The first-order chi connectivity index (χ1) is 14.2. The number of hydrogen-bond donors (Lipinski definition) is 2. The van der Waals surface area contributed by atoms with Gasteiger partial charge in [0.05, 0.1) is 5.56 Å². The number of anilines is 1. The van der Waals surface area contributed by atoms with Gasteiger partial charge in [-0.25, -0.2) is 4.98 Å². The van der Waals surface area contributed by atoms with Crippen molar-refractivity contribution in [1.29, 1.82) is 0 Å². The van der Waals surface area contributed by atoms with Crippen LogP contribution in [0.5, 0.6) is 0 Å². The van der Waals surface area contributed by atoms with Gasteiger partial charge in [0.15, 0.2) is 11.2 Å². The minimum absolute atomic E-state index is 0.279. The van der Waals surface area contributed by atoms with Crippen molar-refractivity contribution in [2.75, 3.05) is 24.5 Å². The van der Waals surface area contributed by atoms with Gasteiger partial charge in [0.1, 0.15) is 10.5 Å². The number of nitrogens with one attached hydrogen (secondary N) is 1. The molecule has 30 heavy (non-hydrogen) atoms. The Morgan fingerprint density at radius 1 is 1.27 bits per heavy atom. The van der Waals surface area contributed by atoms with Crippen LogP contribution in [-0.2, 0) is 5.60 Å². The smallest absolute Gasteiger partial charge is 0.421 e. The number of nitrogens with zero attached hydrogens (tertiary/aromatic N) is 3. The number of aromatic nitrogens is 2. The Bertz CT molecular complexity index is 1040. The molecule has 0 radical (unpaired) electrons. The van der Waals surface area contributed by atoms with E-state index in [-0.39, 0.29) is 11.1 Å². The zero-order valence-electron chi connectivity index (χ0n) is 16.2. The molecule has 3 unspecified atom stereocenters. The van der Waals surface area contributed by atoms with Gasteiger partial charge in [0, 0.05) is 30.7 Å². The summed E-state index contributed by atoms with van der Waals surface area (Å²) in [6.45, 7) is 3.22. The van der Waals surface area contributed by atoms with E-state index in [1.54, 1.807) is 11.6 Å². The van der Waals surface area contributed by atoms with E-state index in [2.05, 4.69) is 20.2 Å². The molecule has 0 spiro atoms. The highest BCUT2D eigenvalue weighted by Crippen LogP contribution is 2.43. The van der Waals surface area contributed by atoms with Crippen LogP contribution in [-0.4, -0.2) is 46.9 Å². The van der Waals surface area contributed by atoms with Crippen LogP contribution >= 0.6 is 11.3 Å². The van der Waals surface area contributed by atoms with E-state index >= 15 is 0 Å². The number of oxazole rings is 1. The Kier molecular flexibility index (Phi) is 4.57. The Morgan fingerprint density at radius 2 is 2.10 bits per heavy atom. The van der Waals surface area contributed by atoms with Crippen molar-refractivity contribution in [1.82, 2.24) is 15.3 Å². The summed E-state index contributed by atoms with van der Waals surface area (Å²) in [5, 5.41) is 16.0. The van der Waals surface area contributed by atoms with Crippen LogP contribution < -0.4 is 10.2 Å². The van der Waals surface area contributed by atoms with Gasteiger partial charge >= 0.3 is 6.18 Å². The molecule has 6 nitrogen and oxygen atoms in total. The number of thiazole rings is 1. The van der Waals surface area contributed by atoms with Gasteiger partial charge in [0.2, 0.25) is 0 Å². The van der Waals surface area contributed by atoms with Crippen LogP contribution in [0, 0.1) is 5.92 Å². The SMILES string of the molecule is CC(O)(c1cc(-c2nccs2)c2oc(N3CC4CCC(C3)NC4)nc2c1)C(F)(F)F. The Morgan fingerprint density at radius 3 is 2.77 bits per heavy atom. The first-order valence-electron chi connectivity index (χ1n) is 9.85. The number of rotatable bonds is 3. The predicted molar refractivity (Wildman–Crippen MR) is 107 cm³/mol. The first kappa shape index (κ1) is 19.8. The van der Waals surface area contributed by atoms with E-state index < -0.39 is 11.8 Å². The molecule has 3 saturated heterocycles. The van der Waals surface area contributed by atoms with E-state index in [0.29, 0.717) is 34.1 Å². The molecule has 2 N–H and O–H groups in total. The Hall–Kier alpha value is -2.17. The highest BCUT2D eigenvalue weighted by atomic mass is 32.1. The minimum atomic E-state index is -4.83. The molecule has 6 rings (SSSR count). The molecule has 3 aliphatic rings. The zero-order chi connectivity index (χ0) is 21.1. The van der Waals surface area contributed by atoms with Crippen LogP contribution in [0.2, 0.25) is 0 Å². The zero-order valence-corrected chi connectivity index (χ0v) is 17.1. The number of piperidine rings is 1. The highest BCUT2D eigenvalue weighted by Gasteiger charge is 2.51. The summed E-state index contributed by atoms with van der Waals surface area (Å²) in [6.07, 6.45) is -1.03. The number of aliphatic hydroxyl groups is 1. The third-order valence-electron chi connectivity index (χ3n) is 6.06. The molecular weight excluding hydrogens is 417 g/mol. The molecule has 0 amide bonds. The molecule has 3 aliphatic heterocycles. The minimum Gasteiger partial charge on any atom is -0.423 e. The lowest BCUT2D eigenvalue weighted by Gasteiger charge is -2.26. The lowest BCUT2D eigenvalue weighted by molar-refractivity contribution is -0.258. The summed E-state index contributed by atoms with van der Waals surface area (Å²) in [5.41, 5.74) is -2.24. The summed E-state index contributed by atoms with van der Waals surface area (Å²) in [6, 6.07) is 3.31. The normalized spacial score (nSPS) is 24.2. The number of benzene rings is 1. The largest absolute Gasteiger partial charge is 0.423 e. The molecule has 160 valence electrons. The molecule has 2 aromatic heterocycles. The van der Waals surface area contributed by atoms with Gasteiger partial charge in [-0.15, -0.1) is 11.3 Å². The van der Waals surface area contributed by atoms with E-state index in [0.717, 1.165) is 39.4 Å². The molecule has 3 fully saturated rings. The van der Waals surface area contributed by atoms with Gasteiger partial charge in [-0.3, -0.25) is 0 Å². The van der Waals surface area contributed by atoms with E-state index in [1.807, 2.05) is 0 Å². The van der Waals surface area contributed by atoms with E-state index in [9.17, 15) is 18.3 Å². The van der Waals surface area contributed by atoms with Crippen LogP contribution in [0.1, 0.15) is 25.3 Å². The molecule has 0 saturated carbocycles. The van der Waals surface area contributed by atoms with Crippen LogP contribution in [0.3, 0.4) is 0 Å². The first-order valence-corrected chi connectivity index (χ1v) is 10.7. The average Bonchev–Trinajstić information content (AvgIpc) is 3.28. The van der Waals surface area contributed by atoms with Crippen LogP contribution in [0.4, 0.5) is 19.2 Å². The lowest BCUT2D eigenvalue weighted by Crippen LogP contribution is -2.39. The summed E-state index contributed by atoms with van der Waals surface area (Å²) in [7, 11) is 0. The van der Waals surface area contributed by atoms with Gasteiger partial charge in [-0.05, 0) is 49.9 Å². The molecule has 0 aliphatic carbocycles. The fourth-order valence-corrected chi connectivity index (χ4v) is 4.86. The molecule has 2 bridgehead atoms. The summed E-state index contributed by atoms with van der Waals surface area (Å²) in [5.74, 6) is 0.485. The van der Waals surface area contributed by atoms with Gasteiger partial charge in [-0.2, -0.15) is 18.2 Å². The maximum absolute atomic E-state index is 13.5. The summed E-state index contributed by atoms with van der Waals surface area (Å²) >= 11 is 1.29. The number of alkyl halides is 3. The topological polar surface area (TPSA) is 74.4 Å². The quantitative estimate of drug-likeness (QED) is 0.646. The fraction of sp³-hybridized carbons (Fsp3) is 0.500. The predicted octanol–water partition coefficient (Wildman–Crippen LogP) is 3.91. The van der Waals surface area contributed by atoms with Crippen molar-refractivity contribution < 1.29 is 22.7 Å². The molecule has 5 heterocycles. The number of fused-ring (bicyclic) bond motifs is 5. The molecule has 10 heteroatoms. The van der Waals surface area contributed by atoms with Gasteiger partial charge < -0.3 is 19.7 Å². The van der Waals surface area contributed by atoms with E-state index in [4.69, 9.17) is 4.42 Å². The molecular formula is C20H21F3N4O2S. The summed E-state index contributed by atoms with van der Waals surface area (Å²) in [4.78, 5) is 10.8. The van der Waals surface area contributed by atoms with Crippen molar-refractivity contribution in [3.05, 3.63) is 29.3 Å². The van der Waals surface area contributed by atoms with Crippen molar-refractivity contribution in [2.24, 2.45) is 5.92 Å². The fourth-order valence-electron chi connectivity index (χ4n) is 4.21. The molecule has 3 atom stereocenters. The number of hydrogen-bond acceptors (Lipinski definition) is 7. The highest BCUT2D eigenvalue weighted by molar-refractivity contribution is 7.13. The van der Waals surface area contributed by atoms with Crippen molar-refractivity contribution in [3.63, 3.8) is 0 Å².